The first kappa shape index (κ1) is 16.6. The molecule has 1 N–H and O–H groups in total. The second-order valence-corrected chi connectivity index (χ2v) is 6.31. The smallest absolute Gasteiger partial charge is 0.427 e. The van der Waals surface area contributed by atoms with Gasteiger partial charge in [0.25, 0.3) is 5.91 Å². The van der Waals surface area contributed by atoms with Crippen molar-refractivity contribution in [1.29, 1.82) is 0 Å². The standard InChI is InChI=1S/C15H14F3N3O2S/c16-15(17,18)12-9-19-14(24-12)21-7-5-20(6-8-21)13(23)10-3-1-2-4-11(10)22/h1-4,9,22H,5-8H2. The first-order chi connectivity index (χ1) is 11.4. The van der Waals surface area contributed by atoms with Gasteiger partial charge in [0, 0.05) is 26.2 Å². The van der Waals surface area contributed by atoms with Gasteiger partial charge in [0.1, 0.15) is 10.6 Å². The molecule has 1 amide bonds. The molecule has 1 fully saturated rings. The van der Waals surface area contributed by atoms with E-state index >= 15 is 0 Å². The number of rotatable bonds is 2. The lowest BCUT2D eigenvalue weighted by atomic mass is 10.1. The summed E-state index contributed by atoms with van der Waals surface area (Å²) in [5.74, 6) is -0.373. The second-order valence-electron chi connectivity index (χ2n) is 5.30. The Labute approximate surface area is 140 Å². The minimum absolute atomic E-state index is 0.0836. The Balaban J connectivity index is 1.65. The number of carbonyl (C=O) groups excluding carboxylic acids is 1. The molecular formula is C15H14F3N3O2S. The number of benzene rings is 1. The minimum atomic E-state index is -4.39. The van der Waals surface area contributed by atoms with Crippen LogP contribution in [0.25, 0.3) is 0 Å². The highest BCUT2D eigenvalue weighted by atomic mass is 32.1. The summed E-state index contributed by atoms with van der Waals surface area (Å²) in [5.41, 5.74) is 0.222. The van der Waals surface area contributed by atoms with Gasteiger partial charge in [0.15, 0.2) is 5.13 Å². The van der Waals surface area contributed by atoms with E-state index in [1.165, 1.54) is 6.07 Å². The van der Waals surface area contributed by atoms with Crippen LogP contribution < -0.4 is 4.90 Å². The largest absolute Gasteiger partial charge is 0.507 e. The van der Waals surface area contributed by atoms with Crippen LogP contribution in [0.1, 0.15) is 15.2 Å². The highest BCUT2D eigenvalue weighted by Crippen LogP contribution is 2.36. The number of hydrogen-bond acceptors (Lipinski definition) is 5. The fourth-order valence-electron chi connectivity index (χ4n) is 2.47. The van der Waals surface area contributed by atoms with Gasteiger partial charge in [0.05, 0.1) is 11.8 Å². The van der Waals surface area contributed by atoms with Gasteiger partial charge in [-0.1, -0.05) is 23.5 Å². The van der Waals surface area contributed by atoms with Crippen molar-refractivity contribution < 1.29 is 23.1 Å². The lowest BCUT2D eigenvalue weighted by Crippen LogP contribution is -2.48. The second kappa shape index (κ2) is 6.31. The maximum atomic E-state index is 12.6. The molecule has 1 aliphatic rings. The number of halogens is 3. The van der Waals surface area contributed by atoms with E-state index in [-0.39, 0.29) is 17.2 Å². The predicted octanol–water partition coefficient (Wildman–Crippen LogP) is 2.83. The van der Waals surface area contributed by atoms with E-state index < -0.39 is 11.1 Å². The van der Waals surface area contributed by atoms with Gasteiger partial charge in [-0.2, -0.15) is 13.2 Å². The van der Waals surface area contributed by atoms with E-state index in [1.807, 2.05) is 0 Å². The monoisotopic (exact) mass is 357 g/mol. The molecule has 0 aliphatic carbocycles. The number of phenols is 1. The highest BCUT2D eigenvalue weighted by Gasteiger charge is 2.34. The zero-order chi connectivity index (χ0) is 17.3. The SMILES string of the molecule is O=C(c1ccccc1O)N1CCN(c2ncc(C(F)(F)F)s2)CC1. The molecule has 1 saturated heterocycles. The average molecular weight is 357 g/mol. The number of nitrogens with zero attached hydrogens (tertiary/aromatic N) is 3. The molecule has 1 aromatic carbocycles. The van der Waals surface area contributed by atoms with Gasteiger partial charge in [-0.05, 0) is 12.1 Å². The zero-order valence-electron chi connectivity index (χ0n) is 12.5. The molecule has 0 unspecified atom stereocenters. The number of para-hydroxylation sites is 1. The number of anilines is 1. The molecule has 0 saturated carbocycles. The van der Waals surface area contributed by atoms with Crippen LogP contribution in [-0.4, -0.2) is 47.1 Å². The molecule has 0 spiro atoms. The number of phenolic OH excluding ortho intramolecular Hbond substituents is 1. The van der Waals surface area contributed by atoms with Gasteiger partial charge < -0.3 is 14.9 Å². The van der Waals surface area contributed by atoms with Crippen LogP contribution >= 0.6 is 11.3 Å². The summed E-state index contributed by atoms with van der Waals surface area (Å²) >= 11 is 0.601. The summed E-state index contributed by atoms with van der Waals surface area (Å²) in [6.07, 6.45) is -3.56. The molecule has 1 aromatic heterocycles. The molecule has 3 rings (SSSR count). The highest BCUT2D eigenvalue weighted by molar-refractivity contribution is 7.15. The fourth-order valence-corrected chi connectivity index (χ4v) is 3.30. The van der Waals surface area contributed by atoms with Gasteiger partial charge in [-0.3, -0.25) is 4.79 Å². The first-order valence-corrected chi connectivity index (χ1v) is 8.03. The van der Waals surface area contributed by atoms with Crippen LogP contribution in [0.4, 0.5) is 18.3 Å². The van der Waals surface area contributed by atoms with Crippen molar-refractivity contribution in [2.75, 3.05) is 31.1 Å². The average Bonchev–Trinajstić information content (AvgIpc) is 3.05. The maximum Gasteiger partial charge on any atom is 0.427 e. The lowest BCUT2D eigenvalue weighted by molar-refractivity contribution is -0.134. The van der Waals surface area contributed by atoms with Crippen LogP contribution in [0.2, 0.25) is 0 Å². The predicted molar refractivity (Wildman–Crippen MR) is 83.3 cm³/mol. The summed E-state index contributed by atoms with van der Waals surface area (Å²) in [6, 6.07) is 6.28. The summed E-state index contributed by atoms with van der Waals surface area (Å²) in [4.78, 5) is 18.8. The van der Waals surface area contributed by atoms with Crippen LogP contribution in [0, 0.1) is 0 Å². The van der Waals surface area contributed by atoms with E-state index in [1.54, 1.807) is 28.0 Å². The van der Waals surface area contributed by atoms with Gasteiger partial charge >= 0.3 is 6.18 Å². The number of aromatic nitrogens is 1. The number of aromatic hydroxyl groups is 1. The molecule has 24 heavy (non-hydrogen) atoms. The van der Waals surface area contributed by atoms with Crippen LogP contribution in [0.5, 0.6) is 5.75 Å². The molecule has 5 nitrogen and oxygen atoms in total. The molecule has 2 aromatic rings. The summed E-state index contributed by atoms with van der Waals surface area (Å²) in [5, 5.41) is 10.1. The molecule has 0 atom stereocenters. The number of amides is 1. The van der Waals surface area contributed by atoms with Crippen molar-refractivity contribution in [2.45, 2.75) is 6.18 Å². The number of piperazine rings is 1. The molecule has 2 heterocycles. The molecule has 9 heteroatoms. The van der Waals surface area contributed by atoms with Crippen LogP contribution in [-0.2, 0) is 6.18 Å². The molecular weight excluding hydrogens is 343 g/mol. The number of carbonyl (C=O) groups is 1. The zero-order valence-corrected chi connectivity index (χ0v) is 13.3. The topological polar surface area (TPSA) is 56.7 Å². The van der Waals surface area contributed by atoms with Gasteiger partial charge in [-0.15, -0.1) is 0 Å². The molecule has 0 bridgehead atoms. The summed E-state index contributed by atoms with van der Waals surface area (Å²) in [6.45, 7) is 1.50. The third-order valence-electron chi connectivity index (χ3n) is 3.74. The van der Waals surface area contributed by atoms with Crippen molar-refractivity contribution in [3.63, 3.8) is 0 Å². The Morgan fingerprint density at radius 1 is 1.17 bits per heavy atom. The Hall–Kier alpha value is -2.29. The third-order valence-corrected chi connectivity index (χ3v) is 4.85. The summed E-state index contributed by atoms with van der Waals surface area (Å²) < 4.78 is 37.9. The van der Waals surface area contributed by atoms with Crippen LogP contribution in [0.15, 0.2) is 30.5 Å². The van der Waals surface area contributed by atoms with Gasteiger partial charge in [-0.25, -0.2) is 4.98 Å². The van der Waals surface area contributed by atoms with Crippen LogP contribution in [0.3, 0.4) is 0 Å². The number of thiazole rings is 1. The van der Waals surface area contributed by atoms with E-state index in [0.29, 0.717) is 42.6 Å². The Morgan fingerprint density at radius 2 is 1.83 bits per heavy atom. The quantitative estimate of drug-likeness (QED) is 0.898. The Bertz CT molecular complexity index is 740. The van der Waals surface area contributed by atoms with Crippen molar-refractivity contribution >= 4 is 22.4 Å². The number of alkyl halides is 3. The third kappa shape index (κ3) is 3.30. The molecule has 1 aliphatic heterocycles. The summed E-state index contributed by atoms with van der Waals surface area (Å²) in [7, 11) is 0. The van der Waals surface area contributed by atoms with Crippen molar-refractivity contribution in [2.24, 2.45) is 0 Å². The fraction of sp³-hybridized carbons (Fsp3) is 0.333. The minimum Gasteiger partial charge on any atom is -0.507 e. The Morgan fingerprint density at radius 3 is 2.42 bits per heavy atom. The van der Waals surface area contributed by atoms with Crippen molar-refractivity contribution in [3.05, 3.63) is 40.9 Å². The van der Waals surface area contributed by atoms with Gasteiger partial charge in [0.2, 0.25) is 0 Å². The number of hydrogen-bond donors (Lipinski definition) is 1. The van der Waals surface area contributed by atoms with E-state index in [4.69, 9.17) is 0 Å². The first-order valence-electron chi connectivity index (χ1n) is 7.21. The maximum absolute atomic E-state index is 12.6. The van der Waals surface area contributed by atoms with E-state index in [0.717, 1.165) is 6.20 Å². The van der Waals surface area contributed by atoms with E-state index in [9.17, 15) is 23.1 Å². The normalized spacial score (nSPS) is 15.6. The lowest BCUT2D eigenvalue weighted by Gasteiger charge is -2.34. The Kier molecular flexibility index (Phi) is 4.35. The van der Waals surface area contributed by atoms with Crippen molar-refractivity contribution in [3.8, 4) is 5.75 Å². The molecule has 128 valence electrons. The van der Waals surface area contributed by atoms with E-state index in [2.05, 4.69) is 4.98 Å². The molecule has 0 radical (unpaired) electrons. The van der Waals surface area contributed by atoms with Crippen molar-refractivity contribution in [1.82, 2.24) is 9.88 Å².